The molecule has 1 aromatic rings. The molecule has 2 amide bonds. The van der Waals surface area contributed by atoms with Crippen molar-refractivity contribution in [1.29, 1.82) is 0 Å². The number of nitrogens with zero attached hydrogens (tertiary/aromatic N) is 1. The molecule has 2 saturated carbocycles. The van der Waals surface area contributed by atoms with Crippen molar-refractivity contribution >= 4 is 6.03 Å². The molecular formula is C17H24N2O2. The van der Waals surface area contributed by atoms with Crippen molar-refractivity contribution in [2.45, 2.75) is 51.2 Å². The maximum Gasteiger partial charge on any atom is 0.318 e. The first-order valence-electron chi connectivity index (χ1n) is 7.87. The van der Waals surface area contributed by atoms with Crippen LogP contribution in [-0.4, -0.2) is 30.1 Å². The van der Waals surface area contributed by atoms with Gasteiger partial charge in [0.15, 0.2) is 0 Å². The number of hydrogen-bond acceptors (Lipinski definition) is 2. The Labute approximate surface area is 126 Å². The van der Waals surface area contributed by atoms with Crippen LogP contribution in [0.25, 0.3) is 0 Å². The lowest BCUT2D eigenvalue weighted by Crippen LogP contribution is -2.46. The number of nitrogens with one attached hydrogen (secondary N) is 1. The minimum atomic E-state index is 0.0905. The third-order valence-electron chi connectivity index (χ3n) is 4.47. The number of carbonyl (C=O) groups excluding carboxylic acids is 1. The fraction of sp³-hybridized carbons (Fsp3) is 0.588. The van der Waals surface area contributed by atoms with E-state index in [9.17, 15) is 4.79 Å². The van der Waals surface area contributed by atoms with E-state index >= 15 is 0 Å². The average molecular weight is 288 g/mol. The molecule has 1 atom stereocenters. The molecule has 0 aliphatic heterocycles. The average Bonchev–Trinajstić information content (AvgIpc) is 3.37. The lowest BCUT2D eigenvalue weighted by molar-refractivity contribution is 0.167. The zero-order valence-electron chi connectivity index (χ0n) is 12.8. The molecule has 0 heterocycles. The van der Waals surface area contributed by atoms with Crippen LogP contribution in [0.15, 0.2) is 24.3 Å². The highest BCUT2D eigenvalue weighted by Gasteiger charge is 2.35. The summed E-state index contributed by atoms with van der Waals surface area (Å²) in [6.07, 6.45) is 4.74. The van der Waals surface area contributed by atoms with Crippen LogP contribution in [0.4, 0.5) is 4.79 Å². The summed E-state index contributed by atoms with van der Waals surface area (Å²) in [5.74, 6) is 1.52. The van der Waals surface area contributed by atoms with E-state index in [-0.39, 0.29) is 6.03 Å². The van der Waals surface area contributed by atoms with E-state index < -0.39 is 0 Å². The monoisotopic (exact) mass is 288 g/mol. The summed E-state index contributed by atoms with van der Waals surface area (Å²) < 4.78 is 5.19. The normalized spacial score (nSPS) is 19.0. The molecule has 0 spiro atoms. The number of urea groups is 1. The van der Waals surface area contributed by atoms with Gasteiger partial charge in [-0.05, 0) is 56.2 Å². The van der Waals surface area contributed by atoms with E-state index in [0.717, 1.165) is 24.2 Å². The van der Waals surface area contributed by atoms with E-state index in [1.807, 2.05) is 29.2 Å². The number of ether oxygens (including phenoxy) is 1. The number of hydrogen-bond donors (Lipinski definition) is 1. The molecule has 2 aliphatic rings. The zero-order valence-corrected chi connectivity index (χ0v) is 12.8. The van der Waals surface area contributed by atoms with Gasteiger partial charge in [0.05, 0.1) is 7.11 Å². The number of methoxy groups -OCH3 is 1. The van der Waals surface area contributed by atoms with Gasteiger partial charge >= 0.3 is 6.03 Å². The summed E-state index contributed by atoms with van der Waals surface area (Å²) in [6.45, 7) is 2.84. The molecule has 2 fully saturated rings. The Hall–Kier alpha value is -1.71. The van der Waals surface area contributed by atoms with Gasteiger partial charge in [0, 0.05) is 18.6 Å². The highest BCUT2D eigenvalue weighted by molar-refractivity contribution is 5.75. The maximum atomic E-state index is 12.5. The Morgan fingerprint density at radius 2 is 1.95 bits per heavy atom. The van der Waals surface area contributed by atoms with E-state index in [2.05, 4.69) is 12.2 Å². The molecule has 4 heteroatoms. The van der Waals surface area contributed by atoms with E-state index in [1.165, 1.54) is 12.8 Å². The molecule has 21 heavy (non-hydrogen) atoms. The minimum absolute atomic E-state index is 0.0905. The second kappa shape index (κ2) is 5.96. The Balaban J connectivity index is 1.68. The summed E-state index contributed by atoms with van der Waals surface area (Å²) in [5, 5.41) is 3.12. The standard InChI is InChI=1S/C17H24N2O2/c1-12(14-5-6-14)19(17(20)18-15-7-8-15)11-13-3-9-16(21-2)10-4-13/h3-4,9-10,12,14-15H,5-8,11H2,1-2H3,(H,18,20). The smallest absolute Gasteiger partial charge is 0.318 e. The zero-order chi connectivity index (χ0) is 14.8. The highest BCUT2D eigenvalue weighted by Crippen LogP contribution is 2.36. The molecule has 1 unspecified atom stereocenters. The van der Waals surface area contributed by atoms with E-state index in [0.29, 0.717) is 24.5 Å². The van der Waals surface area contributed by atoms with Crippen molar-refractivity contribution < 1.29 is 9.53 Å². The summed E-state index contributed by atoms with van der Waals surface area (Å²) in [5.41, 5.74) is 1.15. The van der Waals surface area contributed by atoms with Crippen molar-refractivity contribution in [3.05, 3.63) is 29.8 Å². The van der Waals surface area contributed by atoms with Gasteiger partial charge in [0.1, 0.15) is 5.75 Å². The number of benzene rings is 1. The van der Waals surface area contributed by atoms with Crippen molar-refractivity contribution in [3.8, 4) is 5.75 Å². The molecule has 0 bridgehead atoms. The first-order chi connectivity index (χ1) is 10.2. The molecule has 114 valence electrons. The lowest BCUT2D eigenvalue weighted by Gasteiger charge is -2.30. The van der Waals surface area contributed by atoms with Crippen molar-refractivity contribution in [3.63, 3.8) is 0 Å². The number of amides is 2. The van der Waals surface area contributed by atoms with Crippen molar-refractivity contribution in [2.75, 3.05) is 7.11 Å². The summed E-state index contributed by atoms with van der Waals surface area (Å²) in [4.78, 5) is 14.5. The van der Waals surface area contributed by atoms with Crippen LogP contribution in [0.3, 0.4) is 0 Å². The third-order valence-corrected chi connectivity index (χ3v) is 4.47. The van der Waals surface area contributed by atoms with Gasteiger partial charge in [-0.3, -0.25) is 0 Å². The van der Waals surface area contributed by atoms with Crippen molar-refractivity contribution in [2.24, 2.45) is 5.92 Å². The molecule has 2 aliphatic carbocycles. The first kappa shape index (κ1) is 14.2. The maximum absolute atomic E-state index is 12.5. The quantitative estimate of drug-likeness (QED) is 0.873. The van der Waals surface area contributed by atoms with Crippen LogP contribution in [-0.2, 0) is 6.54 Å². The Morgan fingerprint density at radius 3 is 2.48 bits per heavy atom. The molecule has 0 radical (unpaired) electrons. The van der Waals surface area contributed by atoms with Crippen LogP contribution >= 0.6 is 0 Å². The fourth-order valence-corrected chi connectivity index (χ4v) is 2.65. The van der Waals surface area contributed by atoms with Gasteiger partial charge in [-0.15, -0.1) is 0 Å². The Kier molecular flexibility index (Phi) is 4.04. The van der Waals surface area contributed by atoms with Crippen LogP contribution in [0.5, 0.6) is 5.75 Å². The molecule has 1 N–H and O–H groups in total. The van der Waals surface area contributed by atoms with E-state index in [4.69, 9.17) is 4.74 Å². The third kappa shape index (κ3) is 3.69. The number of rotatable bonds is 6. The SMILES string of the molecule is COc1ccc(CN(C(=O)NC2CC2)C(C)C2CC2)cc1. The highest BCUT2D eigenvalue weighted by atomic mass is 16.5. The summed E-state index contributed by atoms with van der Waals surface area (Å²) in [6, 6.07) is 8.79. The predicted molar refractivity (Wildman–Crippen MR) is 82.3 cm³/mol. The minimum Gasteiger partial charge on any atom is -0.497 e. The molecular weight excluding hydrogens is 264 g/mol. The van der Waals surface area contributed by atoms with Crippen LogP contribution in [0.1, 0.15) is 38.2 Å². The predicted octanol–water partition coefficient (Wildman–Crippen LogP) is 3.17. The van der Waals surface area contributed by atoms with Crippen molar-refractivity contribution in [1.82, 2.24) is 10.2 Å². The Bertz CT molecular complexity index is 492. The van der Waals surface area contributed by atoms with Gasteiger partial charge in [0.2, 0.25) is 0 Å². The van der Waals surface area contributed by atoms with Crippen LogP contribution < -0.4 is 10.1 Å². The molecule has 3 rings (SSSR count). The van der Waals surface area contributed by atoms with Gasteiger partial charge in [-0.25, -0.2) is 4.79 Å². The van der Waals surface area contributed by atoms with Gasteiger partial charge in [-0.2, -0.15) is 0 Å². The molecule has 0 aromatic heterocycles. The topological polar surface area (TPSA) is 41.6 Å². The van der Waals surface area contributed by atoms with Crippen LogP contribution in [0.2, 0.25) is 0 Å². The molecule has 4 nitrogen and oxygen atoms in total. The molecule has 1 aromatic carbocycles. The Morgan fingerprint density at radius 1 is 1.29 bits per heavy atom. The largest absolute Gasteiger partial charge is 0.497 e. The lowest BCUT2D eigenvalue weighted by atomic mass is 10.1. The fourth-order valence-electron chi connectivity index (χ4n) is 2.65. The van der Waals surface area contributed by atoms with Gasteiger partial charge in [0.25, 0.3) is 0 Å². The molecule has 0 saturated heterocycles. The second-order valence-electron chi connectivity index (χ2n) is 6.28. The summed E-state index contributed by atoms with van der Waals surface area (Å²) in [7, 11) is 1.67. The number of carbonyl (C=O) groups is 1. The first-order valence-corrected chi connectivity index (χ1v) is 7.87. The van der Waals surface area contributed by atoms with Gasteiger partial charge < -0.3 is 15.0 Å². The van der Waals surface area contributed by atoms with E-state index in [1.54, 1.807) is 7.11 Å². The second-order valence-corrected chi connectivity index (χ2v) is 6.28. The van der Waals surface area contributed by atoms with Crippen LogP contribution in [0, 0.1) is 5.92 Å². The summed E-state index contributed by atoms with van der Waals surface area (Å²) >= 11 is 0. The van der Waals surface area contributed by atoms with Gasteiger partial charge in [-0.1, -0.05) is 12.1 Å².